The summed E-state index contributed by atoms with van der Waals surface area (Å²) in [5.41, 5.74) is 4.52. The lowest BCUT2D eigenvalue weighted by Gasteiger charge is -2.23. The Labute approximate surface area is 165 Å². The SMILES string of the molecule is CN(C)CC/C=C1/c2cccc3cccc(c23)C1(C)C.O=C(O)/C=C/C(=O)O. The van der Waals surface area contributed by atoms with Gasteiger partial charge in [-0.05, 0) is 48.0 Å². The van der Waals surface area contributed by atoms with Gasteiger partial charge in [-0.1, -0.05) is 56.3 Å². The third-order valence-corrected chi connectivity index (χ3v) is 4.83. The van der Waals surface area contributed by atoms with E-state index in [1.54, 1.807) is 0 Å². The fraction of sp³-hybridized carbons (Fsp3) is 0.304. The predicted octanol–water partition coefficient (Wildman–Crippen LogP) is 4.18. The molecule has 0 atom stereocenters. The number of rotatable bonds is 5. The number of aliphatic carboxylic acids is 2. The average molecular weight is 381 g/mol. The molecule has 1 aliphatic rings. The van der Waals surface area contributed by atoms with Crippen molar-refractivity contribution in [1.29, 1.82) is 0 Å². The molecule has 2 aromatic carbocycles. The highest BCUT2D eigenvalue weighted by atomic mass is 16.4. The minimum absolute atomic E-state index is 0.121. The van der Waals surface area contributed by atoms with E-state index in [1.165, 1.54) is 27.5 Å². The lowest BCUT2D eigenvalue weighted by molar-refractivity contribution is -0.134. The molecule has 0 unspecified atom stereocenters. The van der Waals surface area contributed by atoms with Crippen LogP contribution in [0.3, 0.4) is 0 Å². The Hall–Kier alpha value is -2.92. The lowest BCUT2D eigenvalue weighted by Crippen LogP contribution is -2.16. The fourth-order valence-corrected chi connectivity index (χ4v) is 3.54. The van der Waals surface area contributed by atoms with Gasteiger partial charge in [0.05, 0.1) is 0 Å². The van der Waals surface area contributed by atoms with Gasteiger partial charge in [0.1, 0.15) is 0 Å². The summed E-state index contributed by atoms with van der Waals surface area (Å²) >= 11 is 0. The maximum absolute atomic E-state index is 9.55. The molecular formula is C23H27NO4. The first-order valence-corrected chi connectivity index (χ1v) is 9.16. The van der Waals surface area contributed by atoms with Crippen molar-refractivity contribution in [2.45, 2.75) is 25.7 Å². The van der Waals surface area contributed by atoms with Gasteiger partial charge in [-0.25, -0.2) is 9.59 Å². The molecule has 148 valence electrons. The van der Waals surface area contributed by atoms with Crippen LogP contribution in [0, 0.1) is 0 Å². The molecule has 0 saturated heterocycles. The van der Waals surface area contributed by atoms with Gasteiger partial charge in [0.25, 0.3) is 0 Å². The van der Waals surface area contributed by atoms with Crippen molar-refractivity contribution in [3.63, 3.8) is 0 Å². The second-order valence-electron chi connectivity index (χ2n) is 7.55. The normalized spacial score (nSPS) is 15.8. The lowest BCUT2D eigenvalue weighted by atomic mass is 9.81. The second kappa shape index (κ2) is 8.85. The van der Waals surface area contributed by atoms with Gasteiger partial charge < -0.3 is 15.1 Å². The summed E-state index contributed by atoms with van der Waals surface area (Å²) in [4.78, 5) is 21.4. The van der Waals surface area contributed by atoms with Crippen LogP contribution in [-0.2, 0) is 15.0 Å². The zero-order valence-corrected chi connectivity index (χ0v) is 16.8. The summed E-state index contributed by atoms with van der Waals surface area (Å²) in [5, 5.41) is 18.4. The van der Waals surface area contributed by atoms with Gasteiger partial charge in [-0.2, -0.15) is 0 Å². The molecule has 5 nitrogen and oxygen atoms in total. The summed E-state index contributed by atoms with van der Waals surface area (Å²) in [6.45, 7) is 5.80. The molecule has 5 heteroatoms. The smallest absolute Gasteiger partial charge is 0.328 e. The minimum atomic E-state index is -1.26. The van der Waals surface area contributed by atoms with E-state index in [2.05, 4.69) is 75.3 Å². The van der Waals surface area contributed by atoms with Crippen LogP contribution >= 0.6 is 0 Å². The van der Waals surface area contributed by atoms with Crippen LogP contribution in [0.25, 0.3) is 16.3 Å². The van der Waals surface area contributed by atoms with E-state index < -0.39 is 11.9 Å². The topological polar surface area (TPSA) is 77.8 Å². The number of carboxylic acid groups (broad SMARTS) is 2. The molecule has 3 rings (SSSR count). The van der Waals surface area contributed by atoms with Gasteiger partial charge in [0.15, 0.2) is 0 Å². The summed E-state index contributed by atoms with van der Waals surface area (Å²) in [6, 6.07) is 13.4. The first-order chi connectivity index (χ1) is 13.1. The Morgan fingerprint density at radius 3 is 2.11 bits per heavy atom. The zero-order chi connectivity index (χ0) is 20.9. The van der Waals surface area contributed by atoms with Crippen LogP contribution in [0.5, 0.6) is 0 Å². The van der Waals surface area contributed by atoms with Crippen LogP contribution in [0.2, 0.25) is 0 Å². The van der Waals surface area contributed by atoms with Crippen LogP contribution in [0.4, 0.5) is 0 Å². The van der Waals surface area contributed by atoms with Crippen LogP contribution in [-0.4, -0.2) is 47.7 Å². The molecule has 0 aliphatic heterocycles. The van der Waals surface area contributed by atoms with E-state index >= 15 is 0 Å². The van der Waals surface area contributed by atoms with E-state index in [1.807, 2.05) is 0 Å². The molecule has 2 N–H and O–H groups in total. The highest BCUT2D eigenvalue weighted by molar-refractivity contribution is 6.04. The molecule has 2 aromatic rings. The third-order valence-electron chi connectivity index (χ3n) is 4.83. The number of carboxylic acids is 2. The summed E-state index contributed by atoms with van der Waals surface area (Å²) < 4.78 is 0. The van der Waals surface area contributed by atoms with Crippen molar-refractivity contribution in [3.8, 4) is 0 Å². The molecule has 0 aromatic heterocycles. The number of allylic oxidation sites excluding steroid dienone is 1. The Kier molecular flexibility index (Phi) is 6.75. The van der Waals surface area contributed by atoms with E-state index in [9.17, 15) is 9.59 Å². The molecule has 0 amide bonds. The minimum Gasteiger partial charge on any atom is -0.478 e. The largest absolute Gasteiger partial charge is 0.478 e. The molecule has 1 aliphatic carbocycles. The number of nitrogens with zero attached hydrogens (tertiary/aromatic N) is 1. The molecule has 0 radical (unpaired) electrons. The van der Waals surface area contributed by atoms with E-state index in [-0.39, 0.29) is 5.41 Å². The monoisotopic (exact) mass is 381 g/mol. The molecule has 28 heavy (non-hydrogen) atoms. The Bertz CT molecular complexity index is 918. The highest BCUT2D eigenvalue weighted by Gasteiger charge is 2.35. The Morgan fingerprint density at radius 1 is 1.00 bits per heavy atom. The molecule has 0 saturated carbocycles. The van der Waals surface area contributed by atoms with Gasteiger partial charge >= 0.3 is 11.9 Å². The first kappa shape index (κ1) is 21.4. The number of carbonyl (C=O) groups is 2. The van der Waals surface area contributed by atoms with Gasteiger partial charge in [-0.15, -0.1) is 0 Å². The standard InChI is InChI=1S/C19H23N.C4H4O4/c1-19(2)16(12-7-13-20(3)4)15-10-5-8-14-9-6-11-17(19)18(14)15;5-3(6)1-2-4(7)8/h5-6,8-12H,7,13H2,1-4H3;1-2H,(H,5,6)(H,7,8)/b16-12-;2-1+. The maximum Gasteiger partial charge on any atom is 0.328 e. The van der Waals surface area contributed by atoms with E-state index in [0.717, 1.165) is 13.0 Å². The zero-order valence-electron chi connectivity index (χ0n) is 16.8. The average Bonchev–Trinajstić information content (AvgIpc) is 2.84. The van der Waals surface area contributed by atoms with Crippen LogP contribution in [0.1, 0.15) is 31.4 Å². The molecular weight excluding hydrogens is 354 g/mol. The third kappa shape index (κ3) is 4.87. The van der Waals surface area contributed by atoms with Crippen LogP contribution in [0.15, 0.2) is 54.6 Å². The highest BCUT2D eigenvalue weighted by Crippen LogP contribution is 2.49. The molecule has 0 fully saturated rings. The van der Waals surface area contributed by atoms with Gasteiger partial charge in [-0.3, -0.25) is 0 Å². The Balaban J connectivity index is 0.000000300. The second-order valence-corrected chi connectivity index (χ2v) is 7.55. The van der Waals surface area contributed by atoms with Crippen molar-refractivity contribution in [1.82, 2.24) is 4.90 Å². The molecule has 0 heterocycles. The summed E-state index contributed by atoms with van der Waals surface area (Å²) in [5.74, 6) is -2.51. The number of benzene rings is 2. The number of hydrogen-bond donors (Lipinski definition) is 2. The first-order valence-electron chi connectivity index (χ1n) is 9.16. The summed E-state index contributed by atoms with van der Waals surface area (Å²) in [6.07, 6.45) is 4.66. The van der Waals surface area contributed by atoms with Crippen molar-refractivity contribution in [2.24, 2.45) is 0 Å². The van der Waals surface area contributed by atoms with Crippen molar-refractivity contribution in [2.75, 3.05) is 20.6 Å². The van der Waals surface area contributed by atoms with Crippen molar-refractivity contribution >= 4 is 28.3 Å². The fourth-order valence-electron chi connectivity index (χ4n) is 3.54. The van der Waals surface area contributed by atoms with Gasteiger partial charge in [0, 0.05) is 24.1 Å². The Morgan fingerprint density at radius 2 is 1.57 bits per heavy atom. The van der Waals surface area contributed by atoms with Gasteiger partial charge in [0.2, 0.25) is 0 Å². The summed E-state index contributed by atoms with van der Waals surface area (Å²) in [7, 11) is 4.27. The quantitative estimate of drug-likeness (QED) is 0.760. The molecule has 0 spiro atoms. The number of hydrogen-bond acceptors (Lipinski definition) is 3. The molecule has 0 bridgehead atoms. The maximum atomic E-state index is 9.55. The van der Waals surface area contributed by atoms with E-state index in [0.29, 0.717) is 12.2 Å². The van der Waals surface area contributed by atoms with E-state index in [4.69, 9.17) is 10.2 Å². The predicted molar refractivity (Wildman–Crippen MR) is 113 cm³/mol. The van der Waals surface area contributed by atoms with Crippen LogP contribution < -0.4 is 0 Å². The van der Waals surface area contributed by atoms with Crippen molar-refractivity contribution < 1.29 is 19.8 Å². The van der Waals surface area contributed by atoms with Crippen molar-refractivity contribution in [3.05, 3.63) is 65.8 Å².